The number of aryl methyl sites for hydroxylation is 1. The number of sulfonamides is 1. The topological polar surface area (TPSA) is 139 Å². The van der Waals surface area contributed by atoms with Gasteiger partial charge in [-0.2, -0.15) is 0 Å². The fraction of sp³-hybridized carbons (Fsp3) is 0.182. The first-order valence-electron chi connectivity index (χ1n) is 10.4. The maximum atomic E-state index is 13.1. The van der Waals surface area contributed by atoms with Gasteiger partial charge in [-0.25, -0.2) is 12.8 Å². The summed E-state index contributed by atoms with van der Waals surface area (Å²) in [6.07, 6.45) is 1.80. The second-order valence-corrected chi connectivity index (χ2v) is 9.52. The van der Waals surface area contributed by atoms with Gasteiger partial charge in [-0.05, 0) is 48.9 Å². The zero-order chi connectivity index (χ0) is 23.9. The van der Waals surface area contributed by atoms with Gasteiger partial charge in [0.05, 0.1) is 17.0 Å². The molecule has 1 amide bonds. The summed E-state index contributed by atoms with van der Waals surface area (Å²) in [7, 11) is -4.04. The van der Waals surface area contributed by atoms with E-state index in [1.807, 2.05) is 4.57 Å². The summed E-state index contributed by atoms with van der Waals surface area (Å²) < 4.78 is 43.2. The van der Waals surface area contributed by atoms with E-state index in [1.165, 1.54) is 30.3 Å². The number of carbonyl (C=O) groups excluding carboxylic acids is 1. The van der Waals surface area contributed by atoms with Crippen LogP contribution in [0.3, 0.4) is 0 Å². The van der Waals surface area contributed by atoms with Crippen LogP contribution in [-0.2, 0) is 29.5 Å². The van der Waals surface area contributed by atoms with E-state index in [2.05, 4.69) is 25.2 Å². The molecule has 2 aromatic carbocycles. The molecule has 4 aromatic rings. The predicted molar refractivity (Wildman–Crippen MR) is 121 cm³/mol. The molecular weight excluding hydrogens is 463 g/mol. The SMILES string of the molecule is O=C(NCc1nnc2n1CCC2)c1cc(=O)[nH]c2ccc(S(=O)(=O)Nc3ccc(F)cc3)cc12. The van der Waals surface area contributed by atoms with Crippen molar-refractivity contribution in [3.8, 4) is 0 Å². The predicted octanol–water partition coefficient (Wildman–Crippen LogP) is 1.94. The summed E-state index contributed by atoms with van der Waals surface area (Å²) in [6, 6.07) is 10.0. The van der Waals surface area contributed by atoms with Gasteiger partial charge in [0.1, 0.15) is 11.6 Å². The standard InChI is InChI=1S/C22H19FN6O4S/c23-13-3-5-14(6-4-13)28-34(32,33)15-7-8-18-16(10-15)17(11-21(30)25-18)22(31)24-12-20-27-26-19-2-1-9-29(19)20/h3-8,10-11,28H,1-2,9,12H2,(H,24,31)(H,25,30). The van der Waals surface area contributed by atoms with Gasteiger partial charge in [0.2, 0.25) is 5.56 Å². The maximum absolute atomic E-state index is 13.1. The molecule has 0 fully saturated rings. The van der Waals surface area contributed by atoms with Crippen molar-refractivity contribution in [1.82, 2.24) is 25.1 Å². The van der Waals surface area contributed by atoms with E-state index in [4.69, 9.17) is 0 Å². The molecule has 0 atom stereocenters. The fourth-order valence-corrected chi connectivity index (χ4v) is 5.00. The number of hydrogen-bond acceptors (Lipinski definition) is 6. The molecule has 10 nitrogen and oxygen atoms in total. The number of amides is 1. The molecule has 34 heavy (non-hydrogen) atoms. The number of rotatable bonds is 6. The van der Waals surface area contributed by atoms with Crippen molar-refractivity contribution in [3.63, 3.8) is 0 Å². The molecule has 0 saturated heterocycles. The summed E-state index contributed by atoms with van der Waals surface area (Å²) >= 11 is 0. The Labute approximate surface area is 192 Å². The molecular formula is C22H19FN6O4S. The van der Waals surface area contributed by atoms with E-state index in [-0.39, 0.29) is 28.1 Å². The Morgan fingerprint density at radius 3 is 2.71 bits per heavy atom. The highest BCUT2D eigenvalue weighted by Gasteiger charge is 2.20. The number of hydrogen-bond donors (Lipinski definition) is 3. The molecule has 3 N–H and O–H groups in total. The Morgan fingerprint density at radius 1 is 1.12 bits per heavy atom. The number of halogens is 1. The molecule has 0 unspecified atom stereocenters. The van der Waals surface area contributed by atoms with Crippen molar-refractivity contribution < 1.29 is 17.6 Å². The van der Waals surface area contributed by atoms with Crippen molar-refractivity contribution in [3.05, 3.63) is 81.9 Å². The number of benzene rings is 2. The van der Waals surface area contributed by atoms with E-state index in [1.54, 1.807) is 0 Å². The number of aromatic nitrogens is 4. The third kappa shape index (κ3) is 4.15. The normalized spacial score (nSPS) is 13.1. The summed E-state index contributed by atoms with van der Waals surface area (Å²) in [4.78, 5) is 27.6. The van der Waals surface area contributed by atoms with Crippen LogP contribution >= 0.6 is 0 Å². The first kappa shape index (κ1) is 21.8. The molecule has 0 aliphatic carbocycles. The molecule has 5 rings (SSSR count). The zero-order valence-corrected chi connectivity index (χ0v) is 18.5. The summed E-state index contributed by atoms with van der Waals surface area (Å²) in [6.45, 7) is 0.897. The van der Waals surface area contributed by atoms with Gasteiger partial charge in [-0.1, -0.05) is 0 Å². The maximum Gasteiger partial charge on any atom is 0.261 e. The number of nitrogens with zero attached hydrogens (tertiary/aromatic N) is 3. The average molecular weight is 482 g/mol. The molecule has 0 spiro atoms. The first-order valence-corrected chi connectivity index (χ1v) is 11.9. The summed E-state index contributed by atoms with van der Waals surface area (Å²) in [5.41, 5.74) is 0.0170. The Morgan fingerprint density at radius 2 is 1.91 bits per heavy atom. The van der Waals surface area contributed by atoms with E-state index in [9.17, 15) is 22.4 Å². The van der Waals surface area contributed by atoms with Gasteiger partial charge in [0, 0.05) is 35.6 Å². The lowest BCUT2D eigenvalue weighted by Crippen LogP contribution is -2.26. The highest BCUT2D eigenvalue weighted by Crippen LogP contribution is 2.23. The molecule has 1 aliphatic rings. The molecule has 1 aliphatic heterocycles. The number of aromatic amines is 1. The first-order chi connectivity index (χ1) is 16.3. The van der Waals surface area contributed by atoms with Crippen LogP contribution in [0, 0.1) is 5.82 Å². The lowest BCUT2D eigenvalue weighted by Gasteiger charge is -2.11. The van der Waals surface area contributed by atoms with Gasteiger partial charge >= 0.3 is 0 Å². The van der Waals surface area contributed by atoms with E-state index in [0.717, 1.165) is 43.4 Å². The second-order valence-electron chi connectivity index (χ2n) is 7.84. The lowest BCUT2D eigenvalue weighted by atomic mass is 10.1. The fourth-order valence-electron chi connectivity index (χ4n) is 3.92. The van der Waals surface area contributed by atoms with Crippen LogP contribution in [0.2, 0.25) is 0 Å². The Kier molecular flexibility index (Phi) is 5.36. The zero-order valence-electron chi connectivity index (χ0n) is 17.7. The van der Waals surface area contributed by atoms with Crippen LogP contribution in [-0.4, -0.2) is 34.1 Å². The quantitative estimate of drug-likeness (QED) is 0.384. The van der Waals surface area contributed by atoms with Crippen LogP contribution in [0.4, 0.5) is 10.1 Å². The van der Waals surface area contributed by atoms with Gasteiger partial charge < -0.3 is 14.9 Å². The monoisotopic (exact) mass is 482 g/mol. The van der Waals surface area contributed by atoms with Crippen LogP contribution in [0.1, 0.15) is 28.4 Å². The number of anilines is 1. The minimum atomic E-state index is -4.04. The van der Waals surface area contributed by atoms with Gasteiger partial charge in [0.15, 0.2) is 5.82 Å². The minimum Gasteiger partial charge on any atom is -0.345 e. The van der Waals surface area contributed by atoms with Gasteiger partial charge in [-0.3, -0.25) is 14.3 Å². The molecule has 0 radical (unpaired) electrons. The highest BCUT2D eigenvalue weighted by molar-refractivity contribution is 7.92. The third-order valence-electron chi connectivity index (χ3n) is 5.56. The molecule has 2 aromatic heterocycles. The van der Waals surface area contributed by atoms with Crippen molar-refractivity contribution in [2.45, 2.75) is 30.8 Å². The van der Waals surface area contributed by atoms with E-state index < -0.39 is 27.3 Å². The number of pyridine rings is 1. The van der Waals surface area contributed by atoms with Crippen LogP contribution in [0.5, 0.6) is 0 Å². The molecule has 0 saturated carbocycles. The Bertz CT molecular complexity index is 1580. The number of nitrogens with one attached hydrogen (secondary N) is 3. The van der Waals surface area contributed by atoms with Crippen LogP contribution < -0.4 is 15.6 Å². The molecule has 174 valence electrons. The second kappa shape index (κ2) is 8.37. The summed E-state index contributed by atoms with van der Waals surface area (Å²) in [5, 5.41) is 11.2. The summed E-state index contributed by atoms with van der Waals surface area (Å²) in [5.74, 6) is 0.438. The lowest BCUT2D eigenvalue weighted by molar-refractivity contribution is 0.0951. The smallest absolute Gasteiger partial charge is 0.261 e. The van der Waals surface area contributed by atoms with Crippen LogP contribution in [0.25, 0.3) is 10.9 Å². The van der Waals surface area contributed by atoms with Crippen molar-refractivity contribution in [2.75, 3.05) is 4.72 Å². The van der Waals surface area contributed by atoms with E-state index >= 15 is 0 Å². The highest BCUT2D eigenvalue weighted by atomic mass is 32.2. The molecule has 3 heterocycles. The van der Waals surface area contributed by atoms with Crippen molar-refractivity contribution in [2.24, 2.45) is 0 Å². The molecule has 12 heteroatoms. The Balaban J connectivity index is 1.45. The van der Waals surface area contributed by atoms with Crippen molar-refractivity contribution >= 4 is 32.5 Å². The van der Waals surface area contributed by atoms with Crippen molar-refractivity contribution in [1.29, 1.82) is 0 Å². The van der Waals surface area contributed by atoms with Gasteiger partial charge in [0.25, 0.3) is 15.9 Å². The third-order valence-corrected chi connectivity index (χ3v) is 6.94. The molecule has 0 bridgehead atoms. The van der Waals surface area contributed by atoms with E-state index in [0.29, 0.717) is 11.3 Å². The average Bonchev–Trinajstić information content (AvgIpc) is 3.42. The largest absolute Gasteiger partial charge is 0.345 e. The van der Waals surface area contributed by atoms with Gasteiger partial charge in [-0.15, -0.1) is 10.2 Å². The van der Waals surface area contributed by atoms with Crippen LogP contribution in [0.15, 0.2) is 58.2 Å². The number of carbonyl (C=O) groups is 1. The number of H-pyrrole nitrogens is 1. The Hall–Kier alpha value is -4.06. The number of fused-ring (bicyclic) bond motifs is 2. The minimum absolute atomic E-state index is 0.0266.